The third-order valence-corrected chi connectivity index (χ3v) is 3.66. The number of alkyl halides is 1. The van der Waals surface area contributed by atoms with E-state index >= 15 is 0 Å². The highest BCUT2D eigenvalue weighted by molar-refractivity contribution is 9.09. The van der Waals surface area contributed by atoms with Gasteiger partial charge in [0.2, 0.25) is 0 Å². The van der Waals surface area contributed by atoms with Crippen molar-refractivity contribution in [3.8, 4) is 11.5 Å². The fourth-order valence-corrected chi connectivity index (χ4v) is 2.22. The molecule has 1 atom stereocenters. The fraction of sp³-hybridized carbons (Fsp3) is 0.538. The molecule has 0 aliphatic carbocycles. The Bertz CT molecular complexity index is 425. The smallest absolute Gasteiger partial charge is 0.273 e. The van der Waals surface area contributed by atoms with Gasteiger partial charge in [0.25, 0.3) is 5.69 Å². The van der Waals surface area contributed by atoms with Crippen LogP contribution < -0.4 is 9.47 Å². The summed E-state index contributed by atoms with van der Waals surface area (Å²) in [5, 5.41) is 11.6. The fourth-order valence-electron chi connectivity index (χ4n) is 1.71. The number of halogens is 1. The molecule has 1 unspecified atom stereocenters. The first-order valence-corrected chi connectivity index (χ1v) is 7.25. The molecule has 1 aromatic rings. The summed E-state index contributed by atoms with van der Waals surface area (Å²) in [7, 11) is 1.52. The van der Waals surface area contributed by atoms with Crippen LogP contribution >= 0.6 is 15.9 Å². The molecule has 1 rings (SSSR count). The van der Waals surface area contributed by atoms with Gasteiger partial charge in [0.1, 0.15) is 0 Å². The maximum atomic E-state index is 10.8. The van der Waals surface area contributed by atoms with E-state index < -0.39 is 4.92 Å². The Morgan fingerprint density at radius 1 is 1.42 bits per heavy atom. The molecule has 1 aromatic carbocycles. The van der Waals surface area contributed by atoms with E-state index in [1.54, 1.807) is 6.07 Å². The van der Waals surface area contributed by atoms with Crippen molar-refractivity contribution < 1.29 is 14.4 Å². The van der Waals surface area contributed by atoms with Gasteiger partial charge in [0, 0.05) is 17.3 Å². The summed E-state index contributed by atoms with van der Waals surface area (Å²) in [4.78, 5) is 10.3. The van der Waals surface area contributed by atoms with Crippen LogP contribution in [0.25, 0.3) is 0 Å². The first-order chi connectivity index (χ1) is 9.12. The summed E-state index contributed by atoms with van der Waals surface area (Å²) < 4.78 is 10.8. The first kappa shape index (κ1) is 15.8. The molecule has 5 nitrogen and oxygen atoms in total. The number of nitro benzene ring substituents is 1. The maximum Gasteiger partial charge on any atom is 0.273 e. The molecule has 6 heteroatoms. The lowest BCUT2D eigenvalue weighted by atomic mass is 10.1. The summed E-state index contributed by atoms with van der Waals surface area (Å²) in [6.07, 6.45) is 2.12. The van der Waals surface area contributed by atoms with Gasteiger partial charge in [-0.05, 0) is 12.5 Å². The molecule has 0 saturated heterocycles. The topological polar surface area (TPSA) is 61.6 Å². The van der Waals surface area contributed by atoms with E-state index in [-0.39, 0.29) is 5.69 Å². The third kappa shape index (κ3) is 4.70. The highest BCUT2D eigenvalue weighted by atomic mass is 79.9. The molecular weight excluding hydrogens is 314 g/mol. The van der Waals surface area contributed by atoms with Gasteiger partial charge in [-0.25, -0.2) is 0 Å². The van der Waals surface area contributed by atoms with Gasteiger partial charge in [-0.3, -0.25) is 10.1 Å². The second-order valence-electron chi connectivity index (χ2n) is 4.21. The van der Waals surface area contributed by atoms with Gasteiger partial charge in [0.15, 0.2) is 11.5 Å². The number of hydrogen-bond acceptors (Lipinski definition) is 4. The molecule has 0 bridgehead atoms. The third-order valence-electron chi connectivity index (χ3n) is 2.75. The largest absolute Gasteiger partial charge is 0.493 e. The highest BCUT2D eigenvalue weighted by Gasteiger charge is 2.14. The number of non-ortho nitro benzene ring substituents is 1. The van der Waals surface area contributed by atoms with Crippen LogP contribution in [0.4, 0.5) is 5.69 Å². The minimum absolute atomic E-state index is 0.00156. The Morgan fingerprint density at radius 2 is 2.16 bits per heavy atom. The summed E-state index contributed by atoms with van der Waals surface area (Å²) in [5.74, 6) is 1.31. The van der Waals surface area contributed by atoms with Gasteiger partial charge in [-0.2, -0.15) is 0 Å². The number of methoxy groups -OCH3 is 1. The predicted octanol–water partition coefficient (Wildman–Crippen LogP) is 3.79. The van der Waals surface area contributed by atoms with Gasteiger partial charge in [0.05, 0.1) is 24.7 Å². The lowest BCUT2D eigenvalue weighted by molar-refractivity contribution is -0.385. The van der Waals surface area contributed by atoms with Crippen LogP contribution in [0.2, 0.25) is 0 Å². The van der Waals surface area contributed by atoms with Gasteiger partial charge < -0.3 is 9.47 Å². The van der Waals surface area contributed by atoms with Crippen molar-refractivity contribution in [3.05, 3.63) is 28.3 Å². The van der Waals surface area contributed by atoms with Crippen molar-refractivity contribution in [1.82, 2.24) is 0 Å². The van der Waals surface area contributed by atoms with Crippen LogP contribution in [0.3, 0.4) is 0 Å². The Morgan fingerprint density at radius 3 is 2.68 bits per heavy atom. The van der Waals surface area contributed by atoms with E-state index in [0.717, 1.165) is 18.2 Å². The van der Waals surface area contributed by atoms with Crippen LogP contribution in [0.15, 0.2) is 18.2 Å². The van der Waals surface area contributed by atoms with Crippen molar-refractivity contribution in [3.63, 3.8) is 0 Å². The van der Waals surface area contributed by atoms with Crippen LogP contribution in [0, 0.1) is 16.0 Å². The maximum absolute atomic E-state index is 10.8. The monoisotopic (exact) mass is 331 g/mol. The molecule has 0 amide bonds. The molecule has 0 spiro atoms. The molecule has 0 aliphatic rings. The zero-order valence-corrected chi connectivity index (χ0v) is 12.7. The predicted molar refractivity (Wildman–Crippen MR) is 77.3 cm³/mol. The molecule has 106 valence electrons. The SMILES string of the molecule is CCCC(CBr)COc1cc([N+](=O)[O-])ccc1OC. The molecule has 0 radical (unpaired) electrons. The highest BCUT2D eigenvalue weighted by Crippen LogP contribution is 2.31. The molecule has 0 N–H and O–H groups in total. The van der Waals surface area contributed by atoms with Crippen LogP contribution in [-0.4, -0.2) is 24.0 Å². The Hall–Kier alpha value is -1.30. The molecule has 0 fully saturated rings. The van der Waals surface area contributed by atoms with E-state index in [0.29, 0.717) is 24.0 Å². The summed E-state index contributed by atoms with van der Waals surface area (Å²) in [6, 6.07) is 4.35. The van der Waals surface area contributed by atoms with Crippen molar-refractivity contribution in [1.29, 1.82) is 0 Å². The number of hydrogen-bond donors (Lipinski definition) is 0. The molecule has 0 aliphatic heterocycles. The van der Waals surface area contributed by atoms with Crippen molar-refractivity contribution in [2.24, 2.45) is 5.92 Å². The number of nitrogens with zero attached hydrogens (tertiary/aromatic N) is 1. The standard InChI is InChI=1S/C13H18BrNO4/c1-3-4-10(8-14)9-19-13-7-11(15(16)17)5-6-12(13)18-2/h5-7,10H,3-4,8-9H2,1-2H3. The molecule has 19 heavy (non-hydrogen) atoms. The van der Waals surface area contributed by atoms with Crippen molar-refractivity contribution in [2.75, 3.05) is 19.0 Å². The minimum Gasteiger partial charge on any atom is -0.493 e. The van der Waals surface area contributed by atoms with Crippen molar-refractivity contribution in [2.45, 2.75) is 19.8 Å². The first-order valence-electron chi connectivity index (χ1n) is 6.13. The van der Waals surface area contributed by atoms with Gasteiger partial charge >= 0.3 is 0 Å². The minimum atomic E-state index is -0.444. The lowest BCUT2D eigenvalue weighted by Gasteiger charge is -2.15. The Labute approximate surface area is 121 Å². The second-order valence-corrected chi connectivity index (χ2v) is 4.86. The summed E-state index contributed by atoms with van der Waals surface area (Å²) in [5.41, 5.74) is 0.00156. The van der Waals surface area contributed by atoms with Gasteiger partial charge in [-0.15, -0.1) is 0 Å². The zero-order chi connectivity index (χ0) is 14.3. The molecular formula is C13H18BrNO4. The second kappa shape index (κ2) is 7.99. The van der Waals surface area contributed by atoms with Crippen LogP contribution in [0.5, 0.6) is 11.5 Å². The number of benzene rings is 1. The summed E-state index contributed by atoms with van der Waals surface area (Å²) in [6.45, 7) is 2.63. The summed E-state index contributed by atoms with van der Waals surface area (Å²) >= 11 is 3.44. The molecule has 0 aromatic heterocycles. The van der Waals surface area contributed by atoms with E-state index in [9.17, 15) is 10.1 Å². The zero-order valence-electron chi connectivity index (χ0n) is 11.1. The normalized spacial score (nSPS) is 11.9. The Balaban J connectivity index is 2.79. The average Bonchev–Trinajstić information content (AvgIpc) is 2.42. The van der Waals surface area contributed by atoms with Gasteiger partial charge in [-0.1, -0.05) is 29.3 Å². The number of rotatable bonds is 8. The lowest BCUT2D eigenvalue weighted by Crippen LogP contribution is -2.13. The van der Waals surface area contributed by atoms with Crippen LogP contribution in [0.1, 0.15) is 19.8 Å². The van der Waals surface area contributed by atoms with Crippen LogP contribution in [-0.2, 0) is 0 Å². The molecule has 0 saturated carbocycles. The molecule has 0 heterocycles. The average molecular weight is 332 g/mol. The van der Waals surface area contributed by atoms with E-state index in [1.165, 1.54) is 19.2 Å². The quantitative estimate of drug-likeness (QED) is 0.413. The Kier molecular flexibility index (Phi) is 6.62. The van der Waals surface area contributed by atoms with Crippen molar-refractivity contribution >= 4 is 21.6 Å². The number of nitro groups is 1. The van der Waals surface area contributed by atoms with E-state index in [1.807, 2.05) is 0 Å². The van der Waals surface area contributed by atoms with E-state index in [4.69, 9.17) is 9.47 Å². The number of ether oxygens (including phenoxy) is 2. The van der Waals surface area contributed by atoms with E-state index in [2.05, 4.69) is 22.9 Å².